The number of nitrogens with zero attached hydrogens (tertiary/aromatic N) is 7. The Labute approximate surface area is 245 Å². The van der Waals surface area contributed by atoms with Gasteiger partial charge in [-0.25, -0.2) is 14.3 Å². The van der Waals surface area contributed by atoms with Crippen molar-refractivity contribution < 1.29 is 9.53 Å². The predicted octanol–water partition coefficient (Wildman–Crippen LogP) is 4.74. The number of fused-ring (bicyclic) bond motifs is 6. The summed E-state index contributed by atoms with van der Waals surface area (Å²) in [4.78, 5) is 41.5. The van der Waals surface area contributed by atoms with E-state index in [1.54, 1.807) is 32.9 Å². The van der Waals surface area contributed by atoms with Crippen molar-refractivity contribution in [3.63, 3.8) is 0 Å². The molecule has 212 valence electrons. The molecule has 8 rings (SSSR count). The van der Waals surface area contributed by atoms with Gasteiger partial charge in [0.2, 0.25) is 5.95 Å². The summed E-state index contributed by atoms with van der Waals surface area (Å²) in [7, 11) is 0. The van der Waals surface area contributed by atoms with Gasteiger partial charge < -0.3 is 19.5 Å². The number of pyridine rings is 1. The predicted molar refractivity (Wildman–Crippen MR) is 164 cm³/mol. The summed E-state index contributed by atoms with van der Waals surface area (Å²) < 4.78 is 11.3. The van der Waals surface area contributed by atoms with Crippen LogP contribution in [0.5, 0.6) is 5.75 Å². The Morgan fingerprint density at radius 1 is 0.930 bits per heavy atom. The molecule has 0 saturated heterocycles. The van der Waals surface area contributed by atoms with E-state index in [0.29, 0.717) is 47.2 Å². The highest BCUT2D eigenvalue weighted by Gasteiger charge is 2.27. The molecule has 0 atom stereocenters. The standard InChI is InChI=1S/C32H26N8O3/c41-29-20-43-28-8-6-24-18-27(28)38(29)14-3-1-2-4-15-39-31(42)25-19-34-32(36-30(25)40(24)39)35-22-5-7-26-21(17-22)11-16-37(26)23-9-12-33-13-10-23/h2,4-13,16-19H,1,3,14-15,20H2,(H,34,35,36)/b4-2-. The number of amides is 1. The van der Waals surface area contributed by atoms with E-state index < -0.39 is 0 Å². The topological polar surface area (TPSA) is 112 Å². The molecule has 1 amide bonds. The first-order valence-corrected chi connectivity index (χ1v) is 14.1. The van der Waals surface area contributed by atoms with Crippen molar-refractivity contribution in [1.82, 2.24) is 28.9 Å². The molecule has 2 bridgehead atoms. The van der Waals surface area contributed by atoms with Gasteiger partial charge in [0, 0.05) is 48.1 Å². The molecule has 4 aromatic heterocycles. The molecule has 0 radical (unpaired) electrons. The van der Waals surface area contributed by atoms with Crippen molar-refractivity contribution in [2.75, 3.05) is 23.4 Å². The molecule has 6 heterocycles. The smallest absolute Gasteiger partial charge is 0.278 e. The van der Waals surface area contributed by atoms with Crippen molar-refractivity contribution in [3.8, 4) is 17.1 Å². The number of carbonyl (C=O) groups is 1. The fraction of sp³-hybridized carbons (Fsp3) is 0.156. The van der Waals surface area contributed by atoms with E-state index in [1.165, 1.54) is 0 Å². The average Bonchev–Trinajstić information content (AvgIpc) is 3.57. The van der Waals surface area contributed by atoms with Gasteiger partial charge in [0.05, 0.1) is 23.4 Å². The first-order valence-electron chi connectivity index (χ1n) is 14.1. The molecule has 0 saturated carbocycles. The van der Waals surface area contributed by atoms with Crippen molar-refractivity contribution in [3.05, 3.63) is 102 Å². The third-order valence-corrected chi connectivity index (χ3v) is 7.89. The Hall–Kier alpha value is -5.71. The van der Waals surface area contributed by atoms with Crippen molar-refractivity contribution in [2.24, 2.45) is 0 Å². The van der Waals surface area contributed by atoms with Crippen LogP contribution in [-0.4, -0.2) is 47.9 Å². The number of nitrogens with one attached hydrogen (secondary N) is 1. The summed E-state index contributed by atoms with van der Waals surface area (Å²) in [6.07, 6.45) is 12.8. The molecule has 11 heteroatoms. The van der Waals surface area contributed by atoms with Gasteiger partial charge in [0.25, 0.3) is 11.5 Å². The molecule has 0 spiro atoms. The van der Waals surface area contributed by atoms with E-state index in [-0.39, 0.29) is 18.1 Å². The Balaban J connectivity index is 1.22. The van der Waals surface area contributed by atoms with E-state index in [1.807, 2.05) is 66.9 Å². The third-order valence-electron chi connectivity index (χ3n) is 7.89. The van der Waals surface area contributed by atoms with Crippen LogP contribution in [0.3, 0.4) is 0 Å². The van der Waals surface area contributed by atoms with E-state index >= 15 is 0 Å². The quantitative estimate of drug-likeness (QED) is 0.306. The Morgan fingerprint density at radius 3 is 2.74 bits per heavy atom. The summed E-state index contributed by atoms with van der Waals surface area (Å²) in [5.41, 5.74) is 4.58. The maximum Gasteiger partial charge on any atom is 0.278 e. The lowest BCUT2D eigenvalue weighted by atomic mass is 10.1. The number of rotatable bonds is 3. The van der Waals surface area contributed by atoms with E-state index in [4.69, 9.17) is 9.72 Å². The summed E-state index contributed by atoms with van der Waals surface area (Å²) in [6.45, 7) is 0.982. The zero-order valence-electron chi connectivity index (χ0n) is 23.1. The summed E-state index contributed by atoms with van der Waals surface area (Å²) >= 11 is 0. The summed E-state index contributed by atoms with van der Waals surface area (Å²) in [5, 5.41) is 4.77. The van der Waals surface area contributed by atoms with Gasteiger partial charge in [-0.3, -0.25) is 14.6 Å². The van der Waals surface area contributed by atoms with E-state index in [9.17, 15) is 9.59 Å². The molecular weight excluding hydrogens is 544 g/mol. The van der Waals surface area contributed by atoms with Crippen LogP contribution in [0.1, 0.15) is 12.8 Å². The normalized spacial score (nSPS) is 15.4. The van der Waals surface area contributed by atoms with Gasteiger partial charge in [-0.15, -0.1) is 0 Å². The third kappa shape index (κ3) is 4.24. The van der Waals surface area contributed by atoms with Gasteiger partial charge in [0.1, 0.15) is 11.1 Å². The van der Waals surface area contributed by atoms with Crippen LogP contribution in [0.2, 0.25) is 0 Å². The molecule has 43 heavy (non-hydrogen) atoms. The molecule has 0 unspecified atom stereocenters. The van der Waals surface area contributed by atoms with Crippen LogP contribution < -0.4 is 20.5 Å². The number of ether oxygens (including phenoxy) is 1. The first-order chi connectivity index (χ1) is 21.1. The second kappa shape index (κ2) is 9.98. The molecule has 11 nitrogen and oxygen atoms in total. The second-order valence-electron chi connectivity index (χ2n) is 10.5. The zero-order chi connectivity index (χ0) is 28.9. The van der Waals surface area contributed by atoms with Gasteiger partial charge in [-0.2, -0.15) is 4.98 Å². The molecule has 1 N–H and O–H groups in total. The second-order valence-corrected chi connectivity index (χ2v) is 10.5. The fourth-order valence-corrected chi connectivity index (χ4v) is 5.82. The SMILES string of the molecule is O=C1COc2ccc3cc2N1CCC/C=C\Cn1c(=O)c2cnc(Nc4ccc5c(ccn5-c5ccncc5)c4)nc2n1-3. The number of benzene rings is 2. The lowest BCUT2D eigenvalue weighted by Gasteiger charge is -2.30. The number of allylic oxidation sites excluding steroid dienone is 2. The highest BCUT2D eigenvalue weighted by molar-refractivity contribution is 5.98. The maximum atomic E-state index is 13.6. The summed E-state index contributed by atoms with van der Waals surface area (Å²) in [5.74, 6) is 0.926. The van der Waals surface area contributed by atoms with Gasteiger partial charge >= 0.3 is 0 Å². The van der Waals surface area contributed by atoms with Crippen molar-refractivity contribution in [2.45, 2.75) is 19.4 Å². The number of anilines is 3. The largest absolute Gasteiger partial charge is 0.482 e. The van der Waals surface area contributed by atoms with Gasteiger partial charge in [-0.1, -0.05) is 12.2 Å². The van der Waals surface area contributed by atoms with Gasteiger partial charge in [0.15, 0.2) is 12.3 Å². The lowest BCUT2D eigenvalue weighted by Crippen LogP contribution is -2.39. The number of carbonyl (C=O) groups excluding carboxylic acids is 1. The molecular formula is C32H26N8O3. The maximum absolute atomic E-state index is 13.6. The number of hydrogen-bond donors (Lipinski definition) is 1. The van der Waals surface area contributed by atoms with Crippen LogP contribution in [-0.2, 0) is 11.3 Å². The van der Waals surface area contributed by atoms with Crippen LogP contribution in [0.15, 0.2) is 96.3 Å². The minimum absolute atomic E-state index is 0.0157. The van der Waals surface area contributed by atoms with Crippen LogP contribution >= 0.6 is 0 Å². The Bertz CT molecular complexity index is 2130. The lowest BCUT2D eigenvalue weighted by molar-refractivity contribution is -0.121. The average molecular weight is 571 g/mol. The van der Waals surface area contributed by atoms with Crippen LogP contribution in [0.4, 0.5) is 17.3 Å². The molecule has 2 aliphatic rings. The minimum Gasteiger partial charge on any atom is -0.482 e. The number of aromatic nitrogens is 6. The summed E-state index contributed by atoms with van der Waals surface area (Å²) in [6, 6.07) is 17.7. The first kappa shape index (κ1) is 25.0. The molecule has 6 aromatic rings. The fourth-order valence-electron chi connectivity index (χ4n) is 5.82. The molecule has 0 fully saturated rings. The van der Waals surface area contributed by atoms with Crippen molar-refractivity contribution in [1.29, 1.82) is 0 Å². The Morgan fingerprint density at radius 2 is 1.84 bits per heavy atom. The van der Waals surface area contributed by atoms with E-state index in [2.05, 4.69) is 25.9 Å². The van der Waals surface area contributed by atoms with Gasteiger partial charge in [-0.05, 0) is 67.4 Å². The van der Waals surface area contributed by atoms with Crippen LogP contribution in [0.25, 0.3) is 33.3 Å². The van der Waals surface area contributed by atoms with E-state index in [0.717, 1.165) is 35.1 Å². The monoisotopic (exact) mass is 570 g/mol. The van der Waals surface area contributed by atoms with Crippen molar-refractivity contribution >= 4 is 45.2 Å². The molecule has 2 aromatic carbocycles. The molecule has 2 aliphatic heterocycles. The Kier molecular flexibility index (Phi) is 5.81. The highest BCUT2D eigenvalue weighted by atomic mass is 16.5. The zero-order valence-corrected chi connectivity index (χ0v) is 23.1. The number of hydrogen-bond acceptors (Lipinski definition) is 7. The van der Waals surface area contributed by atoms with Crippen LogP contribution in [0, 0.1) is 0 Å². The molecule has 0 aliphatic carbocycles. The minimum atomic E-state index is -0.191. The highest BCUT2D eigenvalue weighted by Crippen LogP contribution is 2.35.